The van der Waals surface area contributed by atoms with Gasteiger partial charge in [-0.05, 0) is 119 Å². The van der Waals surface area contributed by atoms with Crippen LogP contribution in [0.4, 0.5) is 0 Å². The molecular weight excluding hydrogens is 432 g/mol. The van der Waals surface area contributed by atoms with Gasteiger partial charge in [0, 0.05) is 19.8 Å². The molecule has 4 rings (SSSR count). The van der Waals surface area contributed by atoms with Gasteiger partial charge in [0.2, 0.25) is 0 Å². The summed E-state index contributed by atoms with van der Waals surface area (Å²) in [7, 11) is 0. The van der Waals surface area contributed by atoms with Crippen LogP contribution in [0.1, 0.15) is 132 Å². The van der Waals surface area contributed by atoms with Gasteiger partial charge in [-0.15, -0.1) is 0 Å². The summed E-state index contributed by atoms with van der Waals surface area (Å²) in [5.74, 6) is 3.02. The van der Waals surface area contributed by atoms with E-state index >= 15 is 0 Å². The fourth-order valence-corrected chi connectivity index (χ4v) is 10.1. The zero-order valence-corrected chi connectivity index (χ0v) is 24.4. The Hall–Kier alpha value is -0.120. The van der Waals surface area contributed by atoms with E-state index in [0.29, 0.717) is 12.0 Å². The predicted molar refractivity (Wildman–Crippen MR) is 146 cm³/mol. The molecule has 0 aromatic rings. The molecule has 0 aromatic carbocycles. The third kappa shape index (κ3) is 5.53. The van der Waals surface area contributed by atoms with Crippen LogP contribution >= 0.6 is 0 Å². The molecule has 4 fully saturated rings. The first kappa shape index (κ1) is 27.9. The van der Waals surface area contributed by atoms with Crippen LogP contribution in [-0.4, -0.2) is 37.1 Å². The molecule has 204 valence electrons. The summed E-state index contributed by atoms with van der Waals surface area (Å²) in [5.41, 5.74) is 0.665. The van der Waals surface area contributed by atoms with Gasteiger partial charge < -0.3 is 14.2 Å². The molecular formula is C32H58O3. The maximum atomic E-state index is 6.83. The van der Waals surface area contributed by atoms with E-state index in [1.165, 1.54) is 83.5 Å². The van der Waals surface area contributed by atoms with Crippen LogP contribution < -0.4 is 0 Å². The lowest BCUT2D eigenvalue weighted by Crippen LogP contribution is -2.53. The smallest absolute Gasteiger partial charge is 0.0715 e. The first-order chi connectivity index (χ1) is 16.6. The van der Waals surface area contributed by atoms with Crippen molar-refractivity contribution in [1.82, 2.24) is 0 Å². The third-order valence-electron chi connectivity index (χ3n) is 11.2. The van der Waals surface area contributed by atoms with E-state index in [9.17, 15) is 0 Å². The van der Waals surface area contributed by atoms with Crippen LogP contribution in [0.25, 0.3) is 0 Å². The second-order valence-electron chi connectivity index (χ2n) is 14.2. The van der Waals surface area contributed by atoms with Crippen LogP contribution in [0.5, 0.6) is 0 Å². The van der Waals surface area contributed by atoms with Crippen LogP contribution in [0, 0.1) is 34.5 Å². The standard InChI is InChI=1S/C32H58O3/c1-8-33-28-29(5,6)16-12-17-30(28,7)20-24(4)31(34-9-2)18-11-13-26(22-31)23-32(35-10-3)21-25-14-15-27(32)19-25/h24-28H,8-23H2,1-7H3. The van der Waals surface area contributed by atoms with E-state index in [1.54, 1.807) is 0 Å². The van der Waals surface area contributed by atoms with E-state index in [2.05, 4.69) is 48.5 Å². The average molecular weight is 491 g/mol. The zero-order chi connectivity index (χ0) is 25.3. The minimum Gasteiger partial charge on any atom is -0.377 e. The van der Waals surface area contributed by atoms with E-state index < -0.39 is 0 Å². The Morgan fingerprint density at radius 2 is 1.60 bits per heavy atom. The molecule has 3 nitrogen and oxygen atoms in total. The maximum absolute atomic E-state index is 6.83. The molecule has 2 bridgehead atoms. The summed E-state index contributed by atoms with van der Waals surface area (Å²) in [6, 6.07) is 0. The molecule has 0 spiro atoms. The second-order valence-corrected chi connectivity index (χ2v) is 14.2. The van der Waals surface area contributed by atoms with Crippen molar-refractivity contribution in [2.75, 3.05) is 19.8 Å². The highest BCUT2D eigenvalue weighted by molar-refractivity contribution is 5.06. The summed E-state index contributed by atoms with van der Waals surface area (Å²) in [6.45, 7) is 19.0. The molecule has 4 aliphatic carbocycles. The Kier molecular flexibility index (Phi) is 8.72. The number of rotatable bonds is 11. The average Bonchev–Trinajstić information content (AvgIpc) is 3.38. The lowest BCUT2D eigenvalue weighted by Gasteiger charge is -2.54. The van der Waals surface area contributed by atoms with E-state index in [4.69, 9.17) is 14.2 Å². The summed E-state index contributed by atoms with van der Waals surface area (Å²) in [5, 5.41) is 0. The molecule has 0 radical (unpaired) electrons. The van der Waals surface area contributed by atoms with Gasteiger partial charge in [-0.1, -0.05) is 47.0 Å². The molecule has 8 atom stereocenters. The molecule has 0 saturated heterocycles. The molecule has 0 heterocycles. The van der Waals surface area contributed by atoms with Crippen molar-refractivity contribution in [2.24, 2.45) is 34.5 Å². The van der Waals surface area contributed by atoms with Crippen LogP contribution in [0.15, 0.2) is 0 Å². The van der Waals surface area contributed by atoms with Crippen LogP contribution in [-0.2, 0) is 14.2 Å². The fourth-order valence-electron chi connectivity index (χ4n) is 10.1. The van der Waals surface area contributed by atoms with Gasteiger partial charge in [0.25, 0.3) is 0 Å². The molecule has 35 heavy (non-hydrogen) atoms. The topological polar surface area (TPSA) is 27.7 Å². The SMILES string of the molecule is CCOC1C(C)(C)CCCC1(C)CC(C)C1(OCC)CCCC(CC2(OCC)CC3CCC2C3)C1. The molecule has 0 N–H and O–H groups in total. The van der Waals surface area contributed by atoms with Crippen molar-refractivity contribution < 1.29 is 14.2 Å². The maximum Gasteiger partial charge on any atom is 0.0715 e. The molecule has 4 saturated carbocycles. The third-order valence-corrected chi connectivity index (χ3v) is 11.2. The van der Waals surface area contributed by atoms with Crippen molar-refractivity contribution in [3.8, 4) is 0 Å². The van der Waals surface area contributed by atoms with Gasteiger partial charge in [-0.25, -0.2) is 0 Å². The molecule has 0 aliphatic heterocycles. The zero-order valence-electron chi connectivity index (χ0n) is 24.4. The fraction of sp³-hybridized carbons (Fsp3) is 1.00. The summed E-state index contributed by atoms with van der Waals surface area (Å²) >= 11 is 0. The summed E-state index contributed by atoms with van der Waals surface area (Å²) < 4.78 is 20.0. The van der Waals surface area contributed by atoms with Crippen molar-refractivity contribution in [1.29, 1.82) is 0 Å². The normalized spacial score (nSPS) is 44.0. The van der Waals surface area contributed by atoms with Gasteiger partial charge >= 0.3 is 0 Å². The molecule has 4 aliphatic rings. The first-order valence-corrected chi connectivity index (χ1v) is 15.5. The number of hydrogen-bond acceptors (Lipinski definition) is 3. The van der Waals surface area contributed by atoms with Gasteiger partial charge in [0.1, 0.15) is 0 Å². The van der Waals surface area contributed by atoms with Crippen molar-refractivity contribution in [3.63, 3.8) is 0 Å². The minimum atomic E-state index is 0.0179. The van der Waals surface area contributed by atoms with Crippen LogP contribution in [0.3, 0.4) is 0 Å². The highest BCUT2D eigenvalue weighted by Crippen LogP contribution is 2.58. The quantitative estimate of drug-likeness (QED) is 0.290. The van der Waals surface area contributed by atoms with Gasteiger partial charge in [-0.2, -0.15) is 0 Å². The Balaban J connectivity index is 1.51. The lowest BCUT2D eigenvalue weighted by atomic mass is 9.57. The largest absolute Gasteiger partial charge is 0.377 e. The highest BCUT2D eigenvalue weighted by Gasteiger charge is 2.55. The van der Waals surface area contributed by atoms with Crippen molar-refractivity contribution >= 4 is 0 Å². The van der Waals surface area contributed by atoms with Gasteiger partial charge in [0.15, 0.2) is 0 Å². The van der Waals surface area contributed by atoms with E-state index in [0.717, 1.165) is 37.6 Å². The molecule has 3 heteroatoms. The van der Waals surface area contributed by atoms with Crippen molar-refractivity contribution in [3.05, 3.63) is 0 Å². The number of ether oxygens (including phenoxy) is 3. The van der Waals surface area contributed by atoms with Gasteiger partial charge in [0.05, 0.1) is 17.3 Å². The monoisotopic (exact) mass is 490 g/mol. The molecule has 0 aromatic heterocycles. The second kappa shape index (κ2) is 10.9. The Morgan fingerprint density at radius 3 is 2.23 bits per heavy atom. The number of fused-ring (bicyclic) bond motifs is 2. The minimum absolute atomic E-state index is 0.0179. The van der Waals surface area contributed by atoms with Crippen LogP contribution in [0.2, 0.25) is 0 Å². The first-order valence-electron chi connectivity index (χ1n) is 15.5. The van der Waals surface area contributed by atoms with Crippen molar-refractivity contribution in [2.45, 2.75) is 149 Å². The molecule has 0 amide bonds. The Morgan fingerprint density at radius 1 is 0.829 bits per heavy atom. The predicted octanol–water partition coefficient (Wildman–Crippen LogP) is 8.59. The number of hydrogen-bond donors (Lipinski definition) is 0. The summed E-state index contributed by atoms with van der Waals surface area (Å²) in [4.78, 5) is 0. The Bertz CT molecular complexity index is 686. The highest BCUT2D eigenvalue weighted by atomic mass is 16.5. The molecule has 8 unspecified atom stereocenters. The van der Waals surface area contributed by atoms with E-state index in [1.807, 2.05) is 0 Å². The Labute approximate surface area is 217 Å². The van der Waals surface area contributed by atoms with E-state index in [-0.39, 0.29) is 22.0 Å². The lowest BCUT2D eigenvalue weighted by molar-refractivity contribution is -0.165. The summed E-state index contributed by atoms with van der Waals surface area (Å²) in [6.07, 6.45) is 17.4. The van der Waals surface area contributed by atoms with Gasteiger partial charge in [-0.3, -0.25) is 0 Å².